The van der Waals surface area contributed by atoms with Gasteiger partial charge >= 0.3 is 5.97 Å². The van der Waals surface area contributed by atoms with Crippen molar-refractivity contribution in [2.45, 2.75) is 31.0 Å². The molecule has 2 aromatic heterocycles. The van der Waals surface area contributed by atoms with E-state index in [4.69, 9.17) is 21.7 Å². The van der Waals surface area contributed by atoms with Crippen LogP contribution in [0.1, 0.15) is 46.7 Å². The summed E-state index contributed by atoms with van der Waals surface area (Å²) in [5.74, 6) is -0.372. The molecule has 0 bridgehead atoms. The molecule has 0 amide bonds. The number of esters is 1. The van der Waals surface area contributed by atoms with Crippen molar-refractivity contribution in [3.05, 3.63) is 83.9 Å². The molecule has 0 spiro atoms. The molecule has 2 fully saturated rings. The van der Waals surface area contributed by atoms with E-state index in [-0.39, 0.29) is 24.2 Å². The predicted octanol–water partition coefficient (Wildman–Crippen LogP) is 3.81. The number of para-hydroxylation sites is 1. The standard InChI is InChI=1S/C25H26N4O3S/c1-31-24(30)18-9-2-3-11-20(18)28-14-6-12-21(28)23-22(19-10-4-5-13-26-19)27-25(33)29(23)16-17-8-7-15-32-17/h2-6,9-14,17,22-23H,7-8,15-16H2,1H3,(H,27,33)/t17-,22+,23-/m0/s1. The maximum absolute atomic E-state index is 12.5. The predicted molar refractivity (Wildman–Crippen MR) is 128 cm³/mol. The molecule has 1 N–H and O–H groups in total. The van der Waals surface area contributed by atoms with Gasteiger partial charge in [-0.3, -0.25) is 4.98 Å². The van der Waals surface area contributed by atoms with Gasteiger partial charge in [0.15, 0.2) is 5.11 Å². The molecular formula is C25H26N4O3S. The summed E-state index contributed by atoms with van der Waals surface area (Å²) in [5, 5.41) is 4.17. The molecule has 3 atom stereocenters. The normalized spacial score (nSPS) is 22.4. The van der Waals surface area contributed by atoms with Crippen LogP contribution in [0.4, 0.5) is 0 Å². The second-order valence-electron chi connectivity index (χ2n) is 8.23. The summed E-state index contributed by atoms with van der Waals surface area (Å²) in [7, 11) is 1.40. The van der Waals surface area contributed by atoms with Crippen molar-refractivity contribution in [2.24, 2.45) is 0 Å². The zero-order chi connectivity index (χ0) is 22.8. The van der Waals surface area contributed by atoms with Crippen LogP contribution in [0, 0.1) is 0 Å². The number of carbonyl (C=O) groups is 1. The van der Waals surface area contributed by atoms with E-state index in [0.29, 0.717) is 17.2 Å². The van der Waals surface area contributed by atoms with Gasteiger partial charge in [0.2, 0.25) is 0 Å². The van der Waals surface area contributed by atoms with Crippen LogP contribution in [0.5, 0.6) is 0 Å². The molecule has 2 aliphatic heterocycles. The van der Waals surface area contributed by atoms with Crippen LogP contribution < -0.4 is 5.32 Å². The topological polar surface area (TPSA) is 68.6 Å². The SMILES string of the molecule is COC(=O)c1ccccc1-n1cccc1[C@H]1[C@@H](c2ccccn2)NC(=S)N1C[C@@H]1CCCO1. The summed E-state index contributed by atoms with van der Waals surface area (Å²) in [6.07, 6.45) is 5.99. The quantitative estimate of drug-likeness (QED) is 0.441. The third kappa shape index (κ3) is 4.12. The Morgan fingerprint density at radius 3 is 2.82 bits per heavy atom. The van der Waals surface area contributed by atoms with Crippen LogP contribution in [-0.2, 0) is 9.47 Å². The molecule has 0 radical (unpaired) electrons. The Balaban J connectivity index is 1.60. The summed E-state index contributed by atoms with van der Waals surface area (Å²) in [5.41, 5.74) is 3.19. The first-order valence-corrected chi connectivity index (χ1v) is 11.5. The number of hydrogen-bond donors (Lipinski definition) is 1. The van der Waals surface area contributed by atoms with E-state index in [1.807, 2.05) is 53.2 Å². The largest absolute Gasteiger partial charge is 0.465 e. The van der Waals surface area contributed by atoms with E-state index >= 15 is 0 Å². The molecular weight excluding hydrogens is 436 g/mol. The Kier molecular flexibility index (Phi) is 6.11. The van der Waals surface area contributed by atoms with Crippen molar-refractivity contribution in [3.8, 4) is 5.69 Å². The van der Waals surface area contributed by atoms with E-state index < -0.39 is 0 Å². The van der Waals surface area contributed by atoms with Gasteiger partial charge in [-0.2, -0.15) is 0 Å². The first-order valence-electron chi connectivity index (χ1n) is 11.1. The second kappa shape index (κ2) is 9.33. The zero-order valence-corrected chi connectivity index (χ0v) is 19.2. The van der Waals surface area contributed by atoms with E-state index in [2.05, 4.69) is 21.3 Å². The Hall–Kier alpha value is -3.23. The van der Waals surface area contributed by atoms with Crippen molar-refractivity contribution in [2.75, 3.05) is 20.3 Å². The number of rotatable bonds is 6. The van der Waals surface area contributed by atoms with Gasteiger partial charge < -0.3 is 24.3 Å². The zero-order valence-electron chi connectivity index (χ0n) is 18.4. The first-order chi connectivity index (χ1) is 16.2. The van der Waals surface area contributed by atoms with Crippen molar-refractivity contribution in [3.63, 3.8) is 0 Å². The molecule has 7 nitrogen and oxygen atoms in total. The van der Waals surface area contributed by atoms with E-state index in [9.17, 15) is 4.79 Å². The van der Waals surface area contributed by atoms with Gasteiger partial charge in [0, 0.05) is 31.2 Å². The highest BCUT2D eigenvalue weighted by Crippen LogP contribution is 2.40. The molecule has 0 aliphatic carbocycles. The minimum atomic E-state index is -0.372. The third-order valence-corrected chi connectivity index (χ3v) is 6.63. The van der Waals surface area contributed by atoms with E-state index in [1.54, 1.807) is 12.3 Å². The van der Waals surface area contributed by atoms with Gasteiger partial charge in [-0.15, -0.1) is 0 Å². The van der Waals surface area contributed by atoms with E-state index in [1.165, 1.54) is 7.11 Å². The summed E-state index contributed by atoms with van der Waals surface area (Å²) in [4.78, 5) is 19.3. The van der Waals surface area contributed by atoms with Crippen LogP contribution in [0.2, 0.25) is 0 Å². The average molecular weight is 463 g/mol. The van der Waals surface area contributed by atoms with Crippen LogP contribution in [-0.4, -0.2) is 51.9 Å². The Bertz CT molecular complexity index is 1140. The lowest BCUT2D eigenvalue weighted by Crippen LogP contribution is -2.36. The fraction of sp³-hybridized carbons (Fsp3) is 0.320. The molecule has 2 aliphatic rings. The minimum absolute atomic E-state index is 0.127. The van der Waals surface area contributed by atoms with Crippen LogP contribution in [0.3, 0.4) is 0 Å². The third-order valence-electron chi connectivity index (χ3n) is 6.27. The summed E-state index contributed by atoms with van der Waals surface area (Å²) in [6.45, 7) is 1.49. The molecule has 1 aromatic carbocycles. The number of pyridine rings is 1. The monoisotopic (exact) mass is 462 g/mol. The van der Waals surface area contributed by atoms with Gasteiger partial charge in [0.25, 0.3) is 0 Å². The number of carbonyl (C=O) groups excluding carboxylic acids is 1. The molecule has 8 heteroatoms. The maximum atomic E-state index is 12.5. The lowest BCUT2D eigenvalue weighted by molar-refractivity contribution is 0.0600. The molecule has 5 rings (SSSR count). The molecule has 0 saturated carbocycles. The molecule has 33 heavy (non-hydrogen) atoms. The Morgan fingerprint density at radius 1 is 1.21 bits per heavy atom. The molecule has 3 aromatic rings. The molecule has 2 saturated heterocycles. The second-order valence-corrected chi connectivity index (χ2v) is 8.61. The molecule has 170 valence electrons. The Morgan fingerprint density at radius 2 is 2.06 bits per heavy atom. The van der Waals surface area contributed by atoms with Gasteiger partial charge in [0.05, 0.1) is 42.2 Å². The summed E-state index contributed by atoms with van der Waals surface area (Å²) < 4.78 is 13.0. The number of nitrogens with zero attached hydrogens (tertiary/aromatic N) is 3. The Labute approximate surface area is 198 Å². The number of ether oxygens (including phenoxy) is 2. The van der Waals surface area contributed by atoms with Crippen LogP contribution in [0.15, 0.2) is 67.0 Å². The van der Waals surface area contributed by atoms with Gasteiger partial charge in [-0.05, 0) is 61.5 Å². The number of hydrogen-bond acceptors (Lipinski definition) is 5. The van der Waals surface area contributed by atoms with Gasteiger partial charge in [-0.1, -0.05) is 18.2 Å². The highest BCUT2D eigenvalue weighted by Gasteiger charge is 2.42. The maximum Gasteiger partial charge on any atom is 0.339 e. The minimum Gasteiger partial charge on any atom is -0.465 e. The van der Waals surface area contributed by atoms with Gasteiger partial charge in [0.1, 0.15) is 0 Å². The number of methoxy groups -OCH3 is 1. The highest BCUT2D eigenvalue weighted by molar-refractivity contribution is 7.80. The lowest BCUT2D eigenvalue weighted by atomic mass is 10.0. The molecule has 0 unspecified atom stereocenters. The number of thiocarbonyl (C=S) groups is 1. The number of benzene rings is 1. The van der Waals surface area contributed by atoms with Crippen LogP contribution >= 0.6 is 12.2 Å². The first kappa shape index (κ1) is 21.6. The van der Waals surface area contributed by atoms with Crippen molar-refractivity contribution >= 4 is 23.3 Å². The summed E-state index contributed by atoms with van der Waals surface area (Å²) >= 11 is 5.80. The average Bonchev–Trinajstić information content (AvgIpc) is 3.60. The van der Waals surface area contributed by atoms with Crippen molar-refractivity contribution in [1.29, 1.82) is 0 Å². The fourth-order valence-electron chi connectivity index (χ4n) is 4.75. The molecule has 4 heterocycles. The lowest BCUT2D eigenvalue weighted by Gasteiger charge is -2.30. The number of nitrogens with one attached hydrogen (secondary N) is 1. The van der Waals surface area contributed by atoms with Gasteiger partial charge in [-0.25, -0.2) is 4.79 Å². The van der Waals surface area contributed by atoms with Crippen molar-refractivity contribution in [1.82, 2.24) is 19.8 Å². The van der Waals surface area contributed by atoms with E-state index in [0.717, 1.165) is 36.5 Å². The highest BCUT2D eigenvalue weighted by atomic mass is 32.1. The smallest absolute Gasteiger partial charge is 0.339 e. The number of aromatic nitrogens is 2. The van der Waals surface area contributed by atoms with Crippen molar-refractivity contribution < 1.29 is 14.3 Å². The fourth-order valence-corrected chi connectivity index (χ4v) is 5.07. The summed E-state index contributed by atoms with van der Waals surface area (Å²) in [6, 6.07) is 17.2. The van der Waals surface area contributed by atoms with Crippen LogP contribution in [0.25, 0.3) is 5.69 Å².